The lowest BCUT2D eigenvalue weighted by atomic mass is 9.94. The van der Waals surface area contributed by atoms with Gasteiger partial charge in [0.1, 0.15) is 11.5 Å². The lowest BCUT2D eigenvalue weighted by molar-refractivity contribution is -0.132. The van der Waals surface area contributed by atoms with Crippen LogP contribution in [0.5, 0.6) is 5.75 Å². The Morgan fingerprint density at radius 2 is 1.57 bits per heavy atom. The topological polar surface area (TPSA) is 70.1 Å². The Balaban J connectivity index is 1.84. The summed E-state index contributed by atoms with van der Waals surface area (Å²) in [5.74, 6) is -0.327. The molecule has 1 atom stereocenters. The molecule has 0 bridgehead atoms. The molecule has 0 spiro atoms. The molecule has 4 rings (SSSR count). The van der Waals surface area contributed by atoms with Crippen LogP contribution in [0, 0.1) is 5.92 Å². The first-order chi connectivity index (χ1) is 19.2. The van der Waals surface area contributed by atoms with Gasteiger partial charge in [-0.05, 0) is 73.2 Å². The van der Waals surface area contributed by atoms with Gasteiger partial charge in [-0.2, -0.15) is 0 Å². The van der Waals surface area contributed by atoms with Gasteiger partial charge in [0.05, 0.1) is 18.2 Å². The minimum atomic E-state index is -0.782. The third kappa shape index (κ3) is 5.91. The third-order valence-electron chi connectivity index (χ3n) is 7.31. The molecule has 1 N–H and O–H groups in total. The van der Waals surface area contributed by atoms with Crippen molar-refractivity contribution in [2.24, 2.45) is 5.92 Å². The van der Waals surface area contributed by atoms with E-state index in [1.54, 1.807) is 18.2 Å². The molecule has 1 fully saturated rings. The number of ether oxygens (including phenoxy) is 1. The highest BCUT2D eigenvalue weighted by Crippen LogP contribution is 2.43. The predicted molar refractivity (Wildman–Crippen MR) is 162 cm³/mol. The summed E-state index contributed by atoms with van der Waals surface area (Å²) in [5.41, 5.74) is 4.04. The van der Waals surface area contributed by atoms with Gasteiger partial charge in [0.2, 0.25) is 0 Å². The van der Waals surface area contributed by atoms with Crippen LogP contribution in [-0.4, -0.2) is 36.5 Å². The van der Waals surface area contributed by atoms with Gasteiger partial charge in [-0.15, -0.1) is 0 Å². The highest BCUT2D eigenvalue weighted by molar-refractivity contribution is 6.51. The van der Waals surface area contributed by atoms with Crippen LogP contribution in [0.25, 0.3) is 5.76 Å². The van der Waals surface area contributed by atoms with E-state index in [0.29, 0.717) is 35.4 Å². The number of Topliss-reactive ketones (excluding diaryl/α,β-unsaturated/α-hetero) is 1. The summed E-state index contributed by atoms with van der Waals surface area (Å²) < 4.78 is 5.86. The summed E-state index contributed by atoms with van der Waals surface area (Å²) in [6, 6.07) is 21.8. The molecule has 0 saturated carbocycles. The van der Waals surface area contributed by atoms with Crippen molar-refractivity contribution in [2.75, 3.05) is 29.5 Å². The molecule has 0 aliphatic carbocycles. The van der Waals surface area contributed by atoms with Crippen LogP contribution in [0.1, 0.15) is 70.2 Å². The van der Waals surface area contributed by atoms with E-state index in [4.69, 9.17) is 4.74 Å². The maximum Gasteiger partial charge on any atom is 0.300 e. The lowest BCUT2D eigenvalue weighted by Gasteiger charge is -2.27. The van der Waals surface area contributed by atoms with Gasteiger partial charge >= 0.3 is 0 Å². The maximum atomic E-state index is 13.6. The zero-order valence-electron chi connectivity index (χ0n) is 24.3. The Morgan fingerprint density at radius 3 is 2.15 bits per heavy atom. The van der Waals surface area contributed by atoms with Crippen LogP contribution >= 0.6 is 0 Å². The molecule has 1 saturated heterocycles. The molecular weight excluding hydrogens is 500 g/mol. The molecule has 1 unspecified atom stereocenters. The van der Waals surface area contributed by atoms with Crippen LogP contribution in [0.15, 0.2) is 78.4 Å². The molecule has 210 valence electrons. The van der Waals surface area contributed by atoms with Crippen molar-refractivity contribution in [1.82, 2.24) is 0 Å². The van der Waals surface area contributed by atoms with Gasteiger partial charge in [-0.3, -0.25) is 14.5 Å². The molecule has 0 radical (unpaired) electrons. The van der Waals surface area contributed by atoms with Gasteiger partial charge < -0.3 is 14.7 Å². The Kier molecular flexibility index (Phi) is 8.98. The zero-order valence-corrected chi connectivity index (χ0v) is 24.3. The summed E-state index contributed by atoms with van der Waals surface area (Å²) in [6.45, 7) is 14.8. The maximum absolute atomic E-state index is 13.6. The number of amides is 1. The number of hydrogen-bond acceptors (Lipinski definition) is 5. The van der Waals surface area contributed by atoms with Gasteiger partial charge in [0.25, 0.3) is 11.7 Å². The first-order valence-corrected chi connectivity index (χ1v) is 14.1. The summed E-state index contributed by atoms with van der Waals surface area (Å²) in [6.07, 6.45) is 0. The zero-order chi connectivity index (χ0) is 29.0. The second-order valence-corrected chi connectivity index (χ2v) is 10.9. The van der Waals surface area contributed by atoms with E-state index in [9.17, 15) is 14.7 Å². The average Bonchev–Trinajstić information content (AvgIpc) is 3.22. The largest absolute Gasteiger partial charge is 0.507 e. The van der Waals surface area contributed by atoms with Gasteiger partial charge in [0, 0.05) is 30.0 Å². The molecular formula is C34H40N2O4. The molecule has 0 aromatic heterocycles. The van der Waals surface area contributed by atoms with Crippen molar-refractivity contribution in [1.29, 1.82) is 0 Å². The SMILES string of the molecule is CCN(CC)c1ccc(C2/C(=C(/O)c3cccc(OCC(C)C)c3)C(=O)C(=O)N2c2ccc(C(C)C)cc2)cc1. The van der Waals surface area contributed by atoms with Gasteiger partial charge in [-0.1, -0.05) is 64.1 Å². The van der Waals surface area contributed by atoms with Gasteiger partial charge in [-0.25, -0.2) is 0 Å². The number of benzene rings is 3. The molecule has 1 aliphatic rings. The minimum Gasteiger partial charge on any atom is -0.507 e. The smallest absolute Gasteiger partial charge is 0.300 e. The summed E-state index contributed by atoms with van der Waals surface area (Å²) in [4.78, 5) is 30.9. The van der Waals surface area contributed by atoms with E-state index in [1.165, 1.54) is 4.90 Å². The fraction of sp³-hybridized carbons (Fsp3) is 0.353. The molecule has 3 aromatic rings. The second kappa shape index (κ2) is 12.4. The highest BCUT2D eigenvalue weighted by Gasteiger charge is 2.47. The normalized spacial score (nSPS) is 16.7. The Labute approximate surface area is 237 Å². The number of aliphatic hydroxyl groups excluding tert-OH is 1. The Morgan fingerprint density at radius 1 is 0.925 bits per heavy atom. The molecule has 40 heavy (non-hydrogen) atoms. The monoisotopic (exact) mass is 540 g/mol. The number of ketones is 1. The first-order valence-electron chi connectivity index (χ1n) is 14.1. The minimum absolute atomic E-state index is 0.0644. The quantitative estimate of drug-likeness (QED) is 0.166. The van der Waals surface area contributed by atoms with E-state index in [-0.39, 0.29) is 11.3 Å². The molecule has 1 heterocycles. The number of anilines is 2. The van der Waals surface area contributed by atoms with E-state index in [2.05, 4.69) is 46.4 Å². The second-order valence-electron chi connectivity index (χ2n) is 10.9. The highest BCUT2D eigenvalue weighted by atomic mass is 16.5. The van der Waals surface area contributed by atoms with E-state index in [1.807, 2.05) is 54.6 Å². The van der Waals surface area contributed by atoms with E-state index in [0.717, 1.165) is 29.9 Å². The fourth-order valence-electron chi connectivity index (χ4n) is 5.04. The number of nitrogens with zero attached hydrogens (tertiary/aromatic N) is 2. The molecule has 1 aliphatic heterocycles. The van der Waals surface area contributed by atoms with Crippen molar-refractivity contribution in [3.8, 4) is 5.75 Å². The Bertz CT molecular complexity index is 1370. The molecule has 3 aromatic carbocycles. The van der Waals surface area contributed by atoms with Crippen LogP contribution in [0.3, 0.4) is 0 Å². The van der Waals surface area contributed by atoms with Crippen LogP contribution in [-0.2, 0) is 9.59 Å². The lowest BCUT2D eigenvalue weighted by Crippen LogP contribution is -2.29. The summed E-state index contributed by atoms with van der Waals surface area (Å²) in [7, 11) is 0. The number of carbonyl (C=O) groups excluding carboxylic acids is 2. The van der Waals surface area contributed by atoms with Crippen LogP contribution in [0.4, 0.5) is 11.4 Å². The van der Waals surface area contributed by atoms with Crippen LogP contribution in [0.2, 0.25) is 0 Å². The Hall–Kier alpha value is -4.06. The van der Waals surface area contributed by atoms with Crippen molar-refractivity contribution in [2.45, 2.75) is 53.5 Å². The van der Waals surface area contributed by atoms with Crippen molar-refractivity contribution < 1.29 is 19.4 Å². The fourth-order valence-corrected chi connectivity index (χ4v) is 5.04. The van der Waals surface area contributed by atoms with Crippen molar-refractivity contribution in [3.05, 3.63) is 95.1 Å². The predicted octanol–water partition coefficient (Wildman–Crippen LogP) is 7.32. The summed E-state index contributed by atoms with van der Waals surface area (Å²) >= 11 is 0. The standard InChI is InChI=1S/C34H40N2O4/c1-7-35(8-2)27-16-14-25(15-17-27)31-30(32(37)26-10-9-11-29(20-26)40-21-22(3)4)33(38)34(39)36(31)28-18-12-24(13-19-28)23(5)6/h9-20,22-23,31,37H,7-8,21H2,1-6H3/b32-30-. The molecule has 1 amide bonds. The molecule has 6 heteroatoms. The number of aliphatic hydroxyl groups is 1. The number of hydrogen-bond donors (Lipinski definition) is 1. The summed E-state index contributed by atoms with van der Waals surface area (Å²) in [5, 5.41) is 11.6. The number of rotatable bonds is 10. The van der Waals surface area contributed by atoms with E-state index < -0.39 is 17.7 Å². The van der Waals surface area contributed by atoms with Gasteiger partial charge in [0.15, 0.2) is 0 Å². The van der Waals surface area contributed by atoms with E-state index >= 15 is 0 Å². The molecule has 6 nitrogen and oxygen atoms in total. The van der Waals surface area contributed by atoms with Crippen LogP contribution < -0.4 is 14.5 Å². The van der Waals surface area contributed by atoms with Crippen molar-refractivity contribution in [3.63, 3.8) is 0 Å². The number of carbonyl (C=O) groups is 2. The first kappa shape index (κ1) is 28.9. The third-order valence-corrected chi connectivity index (χ3v) is 7.31. The average molecular weight is 541 g/mol. The van der Waals surface area contributed by atoms with Crippen molar-refractivity contribution >= 4 is 28.8 Å².